The van der Waals surface area contributed by atoms with Gasteiger partial charge in [-0.2, -0.15) is 0 Å². The Morgan fingerprint density at radius 3 is 2.52 bits per heavy atom. The fourth-order valence-corrected chi connectivity index (χ4v) is 4.02. The molecule has 0 atom stereocenters. The third kappa shape index (κ3) is 2.88. The smallest absolute Gasteiger partial charge is 0.202 e. The van der Waals surface area contributed by atoms with Gasteiger partial charge in [-0.15, -0.1) is 0 Å². The Balaban J connectivity index is 1.61. The number of imidazole rings is 2. The quantitative estimate of drug-likeness (QED) is 0.558. The molecule has 5 rings (SSSR count). The van der Waals surface area contributed by atoms with Crippen molar-refractivity contribution in [2.75, 3.05) is 0 Å². The van der Waals surface area contributed by atoms with Crippen LogP contribution in [0.1, 0.15) is 30.0 Å². The molecule has 2 heterocycles. The molecule has 0 spiro atoms. The predicted octanol–water partition coefficient (Wildman–Crippen LogP) is 4.06. The first-order valence-electron chi connectivity index (χ1n) is 9.63. The molecule has 0 radical (unpaired) electrons. The first kappa shape index (κ1) is 17.8. The van der Waals surface area contributed by atoms with Crippen LogP contribution in [-0.2, 0) is 20.6 Å². The normalized spacial score (nSPS) is 14.1. The molecule has 1 aliphatic rings. The zero-order valence-corrected chi connectivity index (χ0v) is 16.3. The van der Waals surface area contributed by atoms with Crippen LogP contribution in [0.4, 0.5) is 8.78 Å². The summed E-state index contributed by atoms with van der Waals surface area (Å²) in [7, 11) is 3.74. The second-order valence-electron chi connectivity index (χ2n) is 7.77. The van der Waals surface area contributed by atoms with E-state index >= 15 is 0 Å². The largest absolute Gasteiger partial charge is 0.326 e. The summed E-state index contributed by atoms with van der Waals surface area (Å²) in [5, 5.41) is 8.15. The van der Waals surface area contributed by atoms with Crippen LogP contribution in [0.5, 0.6) is 0 Å². The summed E-state index contributed by atoms with van der Waals surface area (Å²) >= 11 is 0. The van der Waals surface area contributed by atoms with Crippen LogP contribution in [0.15, 0.2) is 42.7 Å². The molecule has 1 saturated carbocycles. The molecule has 5 nitrogen and oxygen atoms in total. The fourth-order valence-electron chi connectivity index (χ4n) is 4.02. The standard InChI is InChI=1S/C22H21F2N5/c1-27-18-8-3-13(9-19(18)28(2)22(27)25)11-29-12-26-20(14-4-5-14)21(29)16-7-6-15(23)10-17(16)24/h3,6-10,12,14,25H,4-5,11H2,1-2H3. The molecule has 0 amide bonds. The van der Waals surface area contributed by atoms with E-state index in [9.17, 15) is 8.78 Å². The second kappa shape index (κ2) is 6.40. The number of nitrogens with one attached hydrogen (secondary N) is 1. The van der Waals surface area contributed by atoms with Crippen molar-refractivity contribution in [3.8, 4) is 11.3 Å². The van der Waals surface area contributed by atoms with Crippen LogP contribution in [0.25, 0.3) is 22.3 Å². The van der Waals surface area contributed by atoms with Gasteiger partial charge in [-0.25, -0.2) is 13.8 Å². The summed E-state index contributed by atoms with van der Waals surface area (Å²) in [6.45, 7) is 0.518. The molecular weight excluding hydrogens is 372 g/mol. The highest BCUT2D eigenvalue weighted by molar-refractivity contribution is 5.76. The average Bonchev–Trinajstić information content (AvgIpc) is 3.43. The van der Waals surface area contributed by atoms with E-state index in [0.717, 1.165) is 46.9 Å². The van der Waals surface area contributed by atoms with Crippen molar-refractivity contribution in [3.05, 3.63) is 71.2 Å². The topological polar surface area (TPSA) is 51.5 Å². The number of rotatable bonds is 4. The lowest BCUT2D eigenvalue weighted by Crippen LogP contribution is -2.19. The van der Waals surface area contributed by atoms with E-state index in [0.29, 0.717) is 23.6 Å². The maximum atomic E-state index is 14.6. The molecular formula is C22H21F2N5. The van der Waals surface area contributed by atoms with E-state index in [1.54, 1.807) is 6.33 Å². The van der Waals surface area contributed by atoms with Gasteiger partial charge in [0, 0.05) is 38.2 Å². The van der Waals surface area contributed by atoms with Crippen molar-refractivity contribution >= 4 is 11.0 Å². The average molecular weight is 393 g/mol. The summed E-state index contributed by atoms with van der Waals surface area (Å²) in [4.78, 5) is 4.58. The summed E-state index contributed by atoms with van der Waals surface area (Å²) < 4.78 is 33.7. The molecule has 0 unspecified atom stereocenters. The zero-order valence-electron chi connectivity index (χ0n) is 16.3. The Kier molecular flexibility index (Phi) is 3.94. The highest BCUT2D eigenvalue weighted by atomic mass is 19.1. The summed E-state index contributed by atoms with van der Waals surface area (Å²) in [5.74, 6) is -0.813. The number of benzene rings is 2. The number of halogens is 2. The summed E-state index contributed by atoms with van der Waals surface area (Å²) in [6, 6.07) is 9.78. The summed E-state index contributed by atoms with van der Waals surface area (Å²) in [6.07, 6.45) is 3.84. The Morgan fingerprint density at radius 2 is 1.79 bits per heavy atom. The van der Waals surface area contributed by atoms with Gasteiger partial charge >= 0.3 is 0 Å². The number of hydrogen-bond donors (Lipinski definition) is 1. The van der Waals surface area contributed by atoms with Gasteiger partial charge in [0.15, 0.2) is 0 Å². The fraction of sp³-hybridized carbons (Fsp3) is 0.273. The minimum atomic E-state index is -0.585. The molecule has 0 aliphatic heterocycles. The molecule has 0 bridgehead atoms. The Hall–Kier alpha value is -3.22. The highest BCUT2D eigenvalue weighted by Gasteiger charge is 2.31. The Bertz CT molecular complexity index is 1310. The van der Waals surface area contributed by atoms with Crippen molar-refractivity contribution in [1.29, 1.82) is 5.41 Å². The van der Waals surface area contributed by atoms with Gasteiger partial charge in [0.25, 0.3) is 0 Å². The van der Waals surface area contributed by atoms with Crippen molar-refractivity contribution < 1.29 is 8.78 Å². The van der Waals surface area contributed by atoms with Gasteiger partial charge < -0.3 is 13.7 Å². The van der Waals surface area contributed by atoms with Crippen LogP contribution in [-0.4, -0.2) is 18.7 Å². The first-order valence-corrected chi connectivity index (χ1v) is 9.63. The monoisotopic (exact) mass is 393 g/mol. The van der Waals surface area contributed by atoms with Crippen LogP contribution < -0.4 is 5.62 Å². The molecule has 7 heteroatoms. The number of nitrogens with zero attached hydrogens (tertiary/aromatic N) is 4. The van der Waals surface area contributed by atoms with Crippen molar-refractivity contribution in [1.82, 2.24) is 18.7 Å². The maximum absolute atomic E-state index is 14.6. The minimum Gasteiger partial charge on any atom is -0.326 e. The van der Waals surface area contributed by atoms with Crippen LogP contribution in [0, 0.1) is 17.0 Å². The lowest BCUT2D eigenvalue weighted by molar-refractivity contribution is 0.584. The highest BCUT2D eigenvalue weighted by Crippen LogP contribution is 2.44. The second-order valence-corrected chi connectivity index (χ2v) is 7.77. The van der Waals surface area contributed by atoms with Gasteiger partial charge in [0.1, 0.15) is 11.6 Å². The van der Waals surface area contributed by atoms with Crippen molar-refractivity contribution in [3.63, 3.8) is 0 Å². The minimum absolute atomic E-state index is 0.343. The van der Waals surface area contributed by atoms with E-state index < -0.39 is 11.6 Å². The molecule has 148 valence electrons. The number of aryl methyl sites for hydroxylation is 2. The van der Waals surface area contributed by atoms with Gasteiger partial charge in [-0.05, 0) is 42.7 Å². The molecule has 2 aromatic carbocycles. The van der Waals surface area contributed by atoms with Gasteiger partial charge in [0.05, 0.1) is 28.7 Å². The molecule has 29 heavy (non-hydrogen) atoms. The molecule has 2 aromatic heterocycles. The number of fused-ring (bicyclic) bond motifs is 1. The SMILES string of the molecule is Cn1c(=N)n(C)c2cc(Cn3cnc(C4CC4)c3-c3ccc(F)cc3F)ccc21. The predicted molar refractivity (Wildman–Crippen MR) is 106 cm³/mol. The van der Waals surface area contributed by atoms with Gasteiger partial charge in [-0.3, -0.25) is 5.41 Å². The van der Waals surface area contributed by atoms with Crippen molar-refractivity contribution in [2.45, 2.75) is 25.3 Å². The first-order chi connectivity index (χ1) is 13.9. The van der Waals surface area contributed by atoms with E-state index in [2.05, 4.69) is 11.1 Å². The number of hydrogen-bond acceptors (Lipinski definition) is 2. The Labute approximate surface area is 166 Å². The van der Waals surface area contributed by atoms with Crippen LogP contribution in [0.3, 0.4) is 0 Å². The molecule has 1 fully saturated rings. The molecule has 4 aromatic rings. The van der Waals surface area contributed by atoms with Gasteiger partial charge in [-0.1, -0.05) is 6.07 Å². The number of aromatic nitrogens is 4. The van der Waals surface area contributed by atoms with E-state index in [4.69, 9.17) is 5.41 Å². The lowest BCUT2D eigenvalue weighted by Gasteiger charge is -2.12. The Morgan fingerprint density at radius 1 is 1.03 bits per heavy atom. The third-order valence-corrected chi connectivity index (χ3v) is 5.77. The van der Waals surface area contributed by atoms with Crippen molar-refractivity contribution in [2.24, 2.45) is 14.1 Å². The van der Waals surface area contributed by atoms with Crippen LogP contribution >= 0.6 is 0 Å². The maximum Gasteiger partial charge on any atom is 0.202 e. The molecule has 1 aliphatic carbocycles. The van der Waals surface area contributed by atoms with E-state index in [1.807, 2.05) is 39.9 Å². The van der Waals surface area contributed by atoms with E-state index in [1.165, 1.54) is 12.1 Å². The zero-order chi connectivity index (χ0) is 20.3. The van der Waals surface area contributed by atoms with E-state index in [-0.39, 0.29) is 0 Å². The molecule has 1 N–H and O–H groups in total. The third-order valence-electron chi connectivity index (χ3n) is 5.77. The lowest BCUT2D eigenvalue weighted by atomic mass is 10.1. The van der Waals surface area contributed by atoms with Crippen LogP contribution in [0.2, 0.25) is 0 Å². The van der Waals surface area contributed by atoms with Gasteiger partial charge in [0.2, 0.25) is 5.62 Å². The molecule has 0 saturated heterocycles. The summed E-state index contributed by atoms with van der Waals surface area (Å²) in [5.41, 5.74) is 5.39.